The molecule has 2 amide bonds. The molecular formula is C27H29F4N3O3. The average molecular weight is 520 g/mol. The van der Waals surface area contributed by atoms with Gasteiger partial charge in [-0.2, -0.15) is 13.2 Å². The van der Waals surface area contributed by atoms with Crippen LogP contribution in [0.2, 0.25) is 0 Å². The molecule has 0 unspecified atom stereocenters. The van der Waals surface area contributed by atoms with E-state index >= 15 is 0 Å². The van der Waals surface area contributed by atoms with Crippen molar-refractivity contribution in [1.29, 1.82) is 0 Å². The monoisotopic (exact) mass is 519 g/mol. The number of halogens is 4. The van der Waals surface area contributed by atoms with Gasteiger partial charge in [0.15, 0.2) is 0 Å². The molecule has 0 saturated heterocycles. The van der Waals surface area contributed by atoms with Crippen LogP contribution < -0.4 is 15.4 Å². The lowest BCUT2D eigenvalue weighted by Crippen LogP contribution is -2.23. The Hall–Kier alpha value is -3.66. The van der Waals surface area contributed by atoms with Crippen molar-refractivity contribution in [1.82, 2.24) is 4.98 Å². The third-order valence-electron chi connectivity index (χ3n) is 5.66. The van der Waals surface area contributed by atoms with Crippen LogP contribution in [0, 0.1) is 18.2 Å². The summed E-state index contributed by atoms with van der Waals surface area (Å²) >= 11 is 0. The van der Waals surface area contributed by atoms with Gasteiger partial charge in [0, 0.05) is 24.1 Å². The maximum atomic E-state index is 14.8. The van der Waals surface area contributed by atoms with Crippen molar-refractivity contribution in [3.8, 4) is 16.9 Å². The first-order valence-corrected chi connectivity index (χ1v) is 11.6. The number of benzene rings is 2. The first-order chi connectivity index (χ1) is 17.3. The summed E-state index contributed by atoms with van der Waals surface area (Å²) in [4.78, 5) is 16.7. The molecule has 0 atom stereocenters. The van der Waals surface area contributed by atoms with Crippen molar-refractivity contribution >= 4 is 17.4 Å². The molecule has 0 aliphatic carbocycles. The lowest BCUT2D eigenvalue weighted by molar-refractivity contribution is -0.138. The van der Waals surface area contributed by atoms with Gasteiger partial charge in [-0.3, -0.25) is 4.98 Å². The number of hydrogen-bond donors (Lipinski definition) is 3. The Labute approximate surface area is 212 Å². The first kappa shape index (κ1) is 27.9. The maximum Gasteiger partial charge on any atom is 0.416 e. The lowest BCUT2D eigenvalue weighted by atomic mass is 9.85. The average Bonchev–Trinajstić information content (AvgIpc) is 2.82. The Morgan fingerprint density at radius 3 is 2.41 bits per heavy atom. The number of hydrogen-bond acceptors (Lipinski definition) is 4. The molecule has 3 N–H and O–H groups in total. The SMILES string of the molecule is CCOc1cc(-c2ccc(NC(=O)Nc3ccc(CC(C)(C)CO)c(C(F)(F)F)c3)c(F)c2)cnc1C. The zero-order valence-corrected chi connectivity index (χ0v) is 21.0. The van der Waals surface area contributed by atoms with E-state index in [1.165, 1.54) is 24.3 Å². The zero-order valence-electron chi connectivity index (χ0n) is 21.0. The quantitative estimate of drug-likeness (QED) is 0.285. The van der Waals surface area contributed by atoms with E-state index in [2.05, 4.69) is 15.6 Å². The summed E-state index contributed by atoms with van der Waals surface area (Å²) in [6, 6.07) is 8.41. The minimum atomic E-state index is -4.66. The summed E-state index contributed by atoms with van der Waals surface area (Å²) < 4.78 is 61.3. The van der Waals surface area contributed by atoms with E-state index in [0.29, 0.717) is 29.2 Å². The Morgan fingerprint density at radius 1 is 1.05 bits per heavy atom. The summed E-state index contributed by atoms with van der Waals surface area (Å²) in [5.41, 5.74) is -0.112. The van der Waals surface area contributed by atoms with Crippen molar-refractivity contribution in [2.24, 2.45) is 5.41 Å². The van der Waals surface area contributed by atoms with Crippen molar-refractivity contribution < 1.29 is 32.2 Å². The van der Waals surface area contributed by atoms with Crippen molar-refractivity contribution in [3.05, 3.63) is 71.3 Å². The molecule has 0 spiro atoms. The van der Waals surface area contributed by atoms with Gasteiger partial charge in [-0.15, -0.1) is 0 Å². The van der Waals surface area contributed by atoms with Crippen LogP contribution in [0.1, 0.15) is 37.6 Å². The fourth-order valence-electron chi connectivity index (χ4n) is 3.70. The van der Waals surface area contributed by atoms with Crippen LogP contribution in [0.4, 0.5) is 33.7 Å². The zero-order chi connectivity index (χ0) is 27.4. The van der Waals surface area contributed by atoms with E-state index in [0.717, 1.165) is 6.07 Å². The van der Waals surface area contributed by atoms with Gasteiger partial charge in [-0.1, -0.05) is 26.0 Å². The van der Waals surface area contributed by atoms with Crippen LogP contribution in [0.15, 0.2) is 48.7 Å². The Kier molecular flexibility index (Phi) is 8.42. The van der Waals surface area contributed by atoms with Gasteiger partial charge in [-0.25, -0.2) is 9.18 Å². The van der Waals surface area contributed by atoms with Crippen molar-refractivity contribution in [2.45, 2.75) is 40.3 Å². The molecule has 0 radical (unpaired) electrons. The summed E-state index contributed by atoms with van der Waals surface area (Å²) in [7, 11) is 0. The Morgan fingerprint density at radius 2 is 1.78 bits per heavy atom. The third-order valence-corrected chi connectivity index (χ3v) is 5.66. The molecule has 0 aliphatic rings. The van der Waals surface area contributed by atoms with Crippen molar-refractivity contribution in [2.75, 3.05) is 23.8 Å². The molecule has 0 saturated carbocycles. The van der Waals surface area contributed by atoms with E-state index in [4.69, 9.17) is 4.74 Å². The number of carbonyl (C=O) groups excluding carboxylic acids is 1. The number of aryl methyl sites for hydroxylation is 1. The maximum absolute atomic E-state index is 14.8. The first-order valence-electron chi connectivity index (χ1n) is 11.6. The number of alkyl halides is 3. The number of nitrogens with one attached hydrogen (secondary N) is 2. The second kappa shape index (κ2) is 11.2. The highest BCUT2D eigenvalue weighted by Crippen LogP contribution is 2.36. The minimum Gasteiger partial charge on any atom is -0.492 e. The standard InChI is InChI=1S/C27H29F4N3O3/c1-5-37-24-11-19(14-32-16(24)2)17-7-9-23(22(28)10-17)34-25(36)33-20-8-6-18(13-26(3,4)15-35)21(12-20)27(29,30)31/h6-12,14,35H,5,13,15H2,1-4H3,(H2,33,34,36). The normalized spacial score (nSPS) is 11.8. The Balaban J connectivity index is 1.77. The number of aliphatic hydroxyl groups excluding tert-OH is 1. The number of rotatable bonds is 8. The molecule has 3 aromatic rings. The summed E-state index contributed by atoms with van der Waals surface area (Å²) in [5, 5.41) is 14.1. The number of pyridine rings is 1. The van der Waals surface area contributed by atoms with E-state index in [1.54, 1.807) is 39.1 Å². The fraction of sp³-hybridized carbons (Fsp3) is 0.333. The number of amides is 2. The van der Waals surface area contributed by atoms with Crippen LogP contribution in [-0.2, 0) is 12.6 Å². The summed E-state index contributed by atoms with van der Waals surface area (Å²) in [5.74, 6) is -0.157. The Bertz CT molecular complexity index is 1280. The second-order valence-electron chi connectivity index (χ2n) is 9.38. The molecule has 1 aromatic heterocycles. The van der Waals surface area contributed by atoms with E-state index in [1.807, 2.05) is 6.92 Å². The molecule has 198 valence electrons. The van der Waals surface area contributed by atoms with Crippen LogP contribution in [0.25, 0.3) is 11.1 Å². The predicted octanol–water partition coefficient (Wildman–Crippen LogP) is 6.82. The molecule has 3 rings (SSSR count). The molecular weight excluding hydrogens is 490 g/mol. The van der Waals surface area contributed by atoms with Crippen LogP contribution in [0.5, 0.6) is 5.75 Å². The molecule has 0 aliphatic heterocycles. The second-order valence-corrected chi connectivity index (χ2v) is 9.38. The highest BCUT2D eigenvalue weighted by Gasteiger charge is 2.35. The molecule has 1 heterocycles. The van der Waals surface area contributed by atoms with E-state index in [-0.39, 0.29) is 30.0 Å². The highest BCUT2D eigenvalue weighted by atomic mass is 19.4. The van der Waals surface area contributed by atoms with Crippen LogP contribution >= 0.6 is 0 Å². The number of nitrogens with zero attached hydrogens (tertiary/aromatic N) is 1. The molecule has 0 bridgehead atoms. The lowest BCUT2D eigenvalue weighted by Gasteiger charge is -2.24. The van der Waals surface area contributed by atoms with E-state index in [9.17, 15) is 27.5 Å². The molecule has 6 nitrogen and oxygen atoms in total. The summed E-state index contributed by atoms with van der Waals surface area (Å²) in [6.07, 6.45) is -3.09. The third kappa shape index (κ3) is 7.19. The minimum absolute atomic E-state index is 0.00256. The number of aromatic nitrogens is 1. The smallest absolute Gasteiger partial charge is 0.416 e. The van der Waals surface area contributed by atoms with E-state index < -0.39 is 29.0 Å². The number of carbonyl (C=O) groups is 1. The molecule has 10 heteroatoms. The number of urea groups is 1. The summed E-state index contributed by atoms with van der Waals surface area (Å²) in [6.45, 7) is 7.10. The predicted molar refractivity (Wildman–Crippen MR) is 134 cm³/mol. The number of aliphatic hydroxyl groups is 1. The van der Waals surface area contributed by atoms with Gasteiger partial charge < -0.3 is 20.5 Å². The number of ether oxygens (including phenoxy) is 1. The van der Waals surface area contributed by atoms with Crippen LogP contribution in [0.3, 0.4) is 0 Å². The highest BCUT2D eigenvalue weighted by molar-refractivity contribution is 6.00. The van der Waals surface area contributed by atoms with Gasteiger partial charge in [0.25, 0.3) is 0 Å². The van der Waals surface area contributed by atoms with Crippen molar-refractivity contribution in [3.63, 3.8) is 0 Å². The fourth-order valence-corrected chi connectivity index (χ4v) is 3.70. The molecule has 2 aromatic carbocycles. The van der Waals surface area contributed by atoms with Gasteiger partial charge in [-0.05, 0) is 67.1 Å². The topological polar surface area (TPSA) is 83.5 Å². The van der Waals surface area contributed by atoms with Gasteiger partial charge in [0.1, 0.15) is 11.6 Å². The molecule has 0 fully saturated rings. The molecule has 37 heavy (non-hydrogen) atoms. The largest absolute Gasteiger partial charge is 0.492 e. The van der Waals surface area contributed by atoms with Crippen LogP contribution in [-0.4, -0.2) is 29.3 Å². The van der Waals surface area contributed by atoms with Gasteiger partial charge in [0.05, 0.1) is 23.6 Å². The van der Waals surface area contributed by atoms with Gasteiger partial charge in [0.2, 0.25) is 0 Å². The number of anilines is 2. The van der Waals surface area contributed by atoms with Gasteiger partial charge >= 0.3 is 12.2 Å².